The molecular weight excluding hydrogens is 260 g/mol. The maximum absolute atomic E-state index is 11.0. The summed E-state index contributed by atoms with van der Waals surface area (Å²) in [5.41, 5.74) is -0.0657. The Bertz CT molecular complexity index is 453. The van der Waals surface area contributed by atoms with E-state index in [0.29, 0.717) is 5.82 Å². The van der Waals surface area contributed by atoms with E-state index in [9.17, 15) is 10.1 Å². The van der Waals surface area contributed by atoms with E-state index in [2.05, 4.69) is 15.6 Å². The number of anilines is 2. The molecule has 1 aromatic rings. The van der Waals surface area contributed by atoms with E-state index in [1.807, 2.05) is 20.8 Å². The lowest BCUT2D eigenvalue weighted by Gasteiger charge is -2.20. The summed E-state index contributed by atoms with van der Waals surface area (Å²) in [7, 11) is 0. The second-order valence-electron chi connectivity index (χ2n) is 4.84. The first-order valence-corrected chi connectivity index (χ1v) is 6.76. The van der Waals surface area contributed by atoms with Crippen molar-refractivity contribution < 1.29 is 10.0 Å². The summed E-state index contributed by atoms with van der Waals surface area (Å²) in [5, 5.41) is 26.3. The van der Waals surface area contributed by atoms with Crippen molar-refractivity contribution in [2.24, 2.45) is 5.92 Å². The van der Waals surface area contributed by atoms with E-state index in [0.717, 1.165) is 13.0 Å². The molecule has 0 spiro atoms. The van der Waals surface area contributed by atoms with Crippen LogP contribution in [0.2, 0.25) is 0 Å². The molecule has 7 nitrogen and oxygen atoms in total. The zero-order chi connectivity index (χ0) is 15.1. The molecule has 0 bridgehead atoms. The smallest absolute Gasteiger partial charge is 0.311 e. The highest BCUT2D eigenvalue weighted by Crippen LogP contribution is 2.25. The Morgan fingerprint density at radius 2 is 2.15 bits per heavy atom. The van der Waals surface area contributed by atoms with Crippen molar-refractivity contribution in [2.75, 3.05) is 23.8 Å². The molecular formula is C13H22N4O3. The number of rotatable bonds is 8. The van der Waals surface area contributed by atoms with Crippen molar-refractivity contribution >= 4 is 17.3 Å². The van der Waals surface area contributed by atoms with Gasteiger partial charge in [0.1, 0.15) is 5.82 Å². The van der Waals surface area contributed by atoms with Gasteiger partial charge in [-0.05, 0) is 25.3 Å². The predicted molar refractivity (Wildman–Crippen MR) is 79.0 cm³/mol. The highest BCUT2D eigenvalue weighted by Gasteiger charge is 2.20. The minimum absolute atomic E-state index is 0.00966. The highest BCUT2D eigenvalue weighted by molar-refractivity contribution is 5.60. The number of aliphatic hydroxyl groups is 1. The fourth-order valence-corrected chi connectivity index (χ4v) is 1.57. The van der Waals surface area contributed by atoms with Gasteiger partial charge in [-0.1, -0.05) is 13.8 Å². The van der Waals surface area contributed by atoms with Crippen molar-refractivity contribution in [3.8, 4) is 0 Å². The average molecular weight is 282 g/mol. The molecule has 1 heterocycles. The van der Waals surface area contributed by atoms with Gasteiger partial charge < -0.3 is 15.7 Å². The van der Waals surface area contributed by atoms with Gasteiger partial charge in [-0.2, -0.15) is 0 Å². The molecule has 0 fully saturated rings. The van der Waals surface area contributed by atoms with E-state index in [1.54, 1.807) is 6.07 Å². The standard InChI is InChI=1S/C13H22N4O3/c1-4-7-14-12-6-5-11(17(19)20)13(16-12)15-10(3)9(2)8-18/h5-6,9-10,18H,4,7-8H2,1-3H3,(H2,14,15,16). The molecule has 0 radical (unpaired) electrons. The fraction of sp³-hybridized carbons (Fsp3) is 0.615. The lowest BCUT2D eigenvalue weighted by molar-refractivity contribution is -0.384. The van der Waals surface area contributed by atoms with Crippen molar-refractivity contribution in [2.45, 2.75) is 33.2 Å². The molecule has 1 rings (SSSR count). The monoisotopic (exact) mass is 282 g/mol. The summed E-state index contributed by atoms with van der Waals surface area (Å²) >= 11 is 0. The molecule has 7 heteroatoms. The summed E-state index contributed by atoms with van der Waals surface area (Å²) in [5.74, 6) is 0.802. The second kappa shape index (κ2) is 7.64. The molecule has 3 N–H and O–H groups in total. The lowest BCUT2D eigenvalue weighted by Crippen LogP contribution is -2.27. The first-order chi connectivity index (χ1) is 9.49. The topological polar surface area (TPSA) is 100 Å². The molecule has 0 aliphatic rings. The van der Waals surface area contributed by atoms with Gasteiger partial charge in [-0.3, -0.25) is 10.1 Å². The number of aromatic nitrogens is 1. The van der Waals surface area contributed by atoms with Crippen molar-refractivity contribution in [1.82, 2.24) is 4.98 Å². The molecule has 2 atom stereocenters. The van der Waals surface area contributed by atoms with Crippen molar-refractivity contribution in [3.05, 3.63) is 22.2 Å². The van der Waals surface area contributed by atoms with Gasteiger partial charge in [0.25, 0.3) is 0 Å². The summed E-state index contributed by atoms with van der Waals surface area (Å²) in [6.07, 6.45) is 0.944. The summed E-state index contributed by atoms with van der Waals surface area (Å²) < 4.78 is 0. The molecule has 1 aromatic heterocycles. The summed E-state index contributed by atoms with van der Waals surface area (Å²) in [4.78, 5) is 14.8. The number of nitrogens with zero attached hydrogens (tertiary/aromatic N) is 2. The van der Waals surface area contributed by atoms with E-state index in [4.69, 9.17) is 5.11 Å². The fourth-order valence-electron chi connectivity index (χ4n) is 1.57. The number of hydrogen-bond acceptors (Lipinski definition) is 6. The molecule has 0 aliphatic carbocycles. The van der Waals surface area contributed by atoms with Gasteiger partial charge in [0.2, 0.25) is 5.82 Å². The van der Waals surface area contributed by atoms with Crippen LogP contribution in [0.15, 0.2) is 12.1 Å². The number of nitrogens with one attached hydrogen (secondary N) is 2. The molecule has 112 valence electrons. The van der Waals surface area contributed by atoms with Gasteiger partial charge in [0.05, 0.1) is 4.92 Å². The quantitative estimate of drug-likeness (QED) is 0.499. The minimum Gasteiger partial charge on any atom is -0.396 e. The Morgan fingerprint density at radius 1 is 1.45 bits per heavy atom. The Balaban J connectivity index is 2.96. The SMILES string of the molecule is CCCNc1ccc([N+](=O)[O-])c(NC(C)C(C)CO)n1. The average Bonchev–Trinajstić information content (AvgIpc) is 2.43. The Labute approximate surface area is 118 Å². The normalized spacial score (nSPS) is 13.6. The number of hydrogen-bond donors (Lipinski definition) is 3. The molecule has 0 aromatic carbocycles. The second-order valence-corrected chi connectivity index (χ2v) is 4.84. The van der Waals surface area contributed by atoms with Crippen molar-refractivity contribution in [3.63, 3.8) is 0 Å². The molecule has 2 unspecified atom stereocenters. The van der Waals surface area contributed by atoms with Crippen molar-refractivity contribution in [1.29, 1.82) is 0 Å². The van der Waals surface area contributed by atoms with Crippen LogP contribution in [0.1, 0.15) is 27.2 Å². The van der Waals surface area contributed by atoms with Crippen LogP contribution in [0.25, 0.3) is 0 Å². The van der Waals surface area contributed by atoms with Gasteiger partial charge in [0.15, 0.2) is 0 Å². The zero-order valence-electron chi connectivity index (χ0n) is 12.1. The van der Waals surface area contributed by atoms with Crippen LogP contribution in [-0.2, 0) is 0 Å². The maximum Gasteiger partial charge on any atom is 0.311 e. The van der Waals surface area contributed by atoms with E-state index >= 15 is 0 Å². The van der Waals surface area contributed by atoms with Gasteiger partial charge in [0, 0.05) is 25.3 Å². The van der Waals surface area contributed by atoms with Crippen LogP contribution in [0.4, 0.5) is 17.3 Å². The minimum atomic E-state index is -0.463. The lowest BCUT2D eigenvalue weighted by atomic mass is 10.1. The highest BCUT2D eigenvalue weighted by atomic mass is 16.6. The van der Waals surface area contributed by atoms with Crippen LogP contribution in [0, 0.1) is 16.0 Å². The molecule has 0 amide bonds. The summed E-state index contributed by atoms with van der Waals surface area (Å²) in [6.45, 7) is 6.52. The third kappa shape index (κ3) is 4.34. The number of nitro groups is 1. The molecule has 20 heavy (non-hydrogen) atoms. The third-order valence-corrected chi connectivity index (χ3v) is 3.13. The Kier molecular flexibility index (Phi) is 6.17. The molecule has 0 saturated carbocycles. The van der Waals surface area contributed by atoms with Gasteiger partial charge >= 0.3 is 5.69 Å². The van der Waals surface area contributed by atoms with E-state index < -0.39 is 4.92 Å². The summed E-state index contributed by atoms with van der Waals surface area (Å²) in [6, 6.07) is 2.91. The first-order valence-electron chi connectivity index (χ1n) is 6.76. The zero-order valence-corrected chi connectivity index (χ0v) is 12.1. The first kappa shape index (κ1) is 16.2. The third-order valence-electron chi connectivity index (χ3n) is 3.13. The van der Waals surface area contributed by atoms with Crippen LogP contribution < -0.4 is 10.6 Å². The number of aliphatic hydroxyl groups excluding tert-OH is 1. The Morgan fingerprint density at radius 3 is 2.70 bits per heavy atom. The largest absolute Gasteiger partial charge is 0.396 e. The predicted octanol–water partition coefficient (Wildman–Crippen LogP) is 2.24. The maximum atomic E-state index is 11.0. The van der Waals surface area contributed by atoms with Crippen LogP contribution >= 0.6 is 0 Å². The van der Waals surface area contributed by atoms with Gasteiger partial charge in [-0.25, -0.2) is 4.98 Å². The molecule has 0 saturated heterocycles. The Hall–Kier alpha value is -1.89. The van der Waals surface area contributed by atoms with Crippen LogP contribution in [0.5, 0.6) is 0 Å². The molecule has 0 aliphatic heterocycles. The van der Waals surface area contributed by atoms with Crippen LogP contribution in [0.3, 0.4) is 0 Å². The van der Waals surface area contributed by atoms with E-state index in [1.165, 1.54) is 6.07 Å². The number of pyridine rings is 1. The van der Waals surface area contributed by atoms with E-state index in [-0.39, 0.29) is 30.1 Å². The van der Waals surface area contributed by atoms with Crippen LogP contribution in [-0.4, -0.2) is 34.2 Å². The van der Waals surface area contributed by atoms with Gasteiger partial charge in [-0.15, -0.1) is 0 Å².